The third-order valence-electron chi connectivity index (χ3n) is 4.25. The van der Waals surface area contributed by atoms with Crippen molar-refractivity contribution in [2.45, 2.75) is 50.5 Å². The van der Waals surface area contributed by atoms with Crippen LogP contribution < -0.4 is 10.0 Å². The molecule has 0 aliphatic heterocycles. The molecule has 0 spiro atoms. The molecule has 5 heteroatoms. The number of hydrogen-bond donors (Lipinski definition) is 2. The van der Waals surface area contributed by atoms with E-state index >= 15 is 0 Å². The zero-order valence-electron chi connectivity index (χ0n) is 13.0. The summed E-state index contributed by atoms with van der Waals surface area (Å²) in [5.41, 5.74) is 1.88. The van der Waals surface area contributed by atoms with Gasteiger partial charge in [0.1, 0.15) is 0 Å². The third kappa shape index (κ3) is 4.28. The van der Waals surface area contributed by atoms with E-state index in [0.29, 0.717) is 23.9 Å². The maximum Gasteiger partial charge on any atom is 0.240 e. The van der Waals surface area contributed by atoms with Crippen LogP contribution in [0.2, 0.25) is 0 Å². The molecule has 0 radical (unpaired) electrons. The van der Waals surface area contributed by atoms with Crippen molar-refractivity contribution in [3.63, 3.8) is 0 Å². The first kappa shape index (κ1) is 16.5. The van der Waals surface area contributed by atoms with Gasteiger partial charge in [0.05, 0.1) is 4.90 Å². The van der Waals surface area contributed by atoms with Gasteiger partial charge in [-0.05, 0) is 43.0 Å². The van der Waals surface area contributed by atoms with Crippen molar-refractivity contribution < 1.29 is 8.42 Å². The minimum absolute atomic E-state index is 0.436. The van der Waals surface area contributed by atoms with E-state index in [0.717, 1.165) is 24.0 Å². The normalized spacial score (nSPS) is 15.9. The van der Waals surface area contributed by atoms with Crippen LogP contribution in [0, 0.1) is 5.92 Å². The molecule has 1 aliphatic carbocycles. The van der Waals surface area contributed by atoms with Gasteiger partial charge in [-0.25, -0.2) is 13.1 Å². The van der Waals surface area contributed by atoms with E-state index < -0.39 is 10.0 Å². The van der Waals surface area contributed by atoms with E-state index in [1.54, 1.807) is 6.07 Å². The first-order valence-corrected chi connectivity index (χ1v) is 9.31. The van der Waals surface area contributed by atoms with Gasteiger partial charge >= 0.3 is 0 Å². The van der Waals surface area contributed by atoms with E-state index in [1.165, 1.54) is 19.3 Å². The molecule has 2 N–H and O–H groups in total. The van der Waals surface area contributed by atoms with E-state index in [2.05, 4.69) is 10.0 Å². The van der Waals surface area contributed by atoms with Crippen molar-refractivity contribution in [2.75, 3.05) is 13.6 Å². The van der Waals surface area contributed by atoms with Gasteiger partial charge in [-0.1, -0.05) is 38.3 Å². The first-order chi connectivity index (χ1) is 10.1. The fraction of sp³-hybridized carbons (Fsp3) is 0.625. The molecule has 118 valence electrons. The second-order valence-corrected chi connectivity index (χ2v) is 7.54. The summed E-state index contributed by atoms with van der Waals surface area (Å²) in [4.78, 5) is 0.436. The molecule has 1 aliphatic rings. The lowest BCUT2D eigenvalue weighted by molar-refractivity contribution is 0.297. The predicted octanol–water partition coefficient (Wildman–Crippen LogP) is 2.44. The highest BCUT2D eigenvalue weighted by molar-refractivity contribution is 7.89. The summed E-state index contributed by atoms with van der Waals surface area (Å²) in [6.45, 7) is 3.21. The number of aryl methyl sites for hydroxylation is 1. The van der Waals surface area contributed by atoms with Gasteiger partial charge in [-0.3, -0.25) is 0 Å². The van der Waals surface area contributed by atoms with Crippen LogP contribution in [0.5, 0.6) is 0 Å². The van der Waals surface area contributed by atoms with Gasteiger partial charge in [0.25, 0.3) is 0 Å². The third-order valence-corrected chi connectivity index (χ3v) is 5.80. The monoisotopic (exact) mass is 310 g/mol. The lowest BCUT2D eigenvalue weighted by Crippen LogP contribution is -2.28. The van der Waals surface area contributed by atoms with Gasteiger partial charge in [0.2, 0.25) is 10.0 Å². The van der Waals surface area contributed by atoms with Gasteiger partial charge < -0.3 is 5.32 Å². The Bertz CT molecular complexity index is 566. The summed E-state index contributed by atoms with van der Waals surface area (Å²) >= 11 is 0. The Morgan fingerprint density at radius 3 is 2.62 bits per heavy atom. The Balaban J connectivity index is 2.10. The molecule has 2 rings (SSSR count). The molecule has 0 unspecified atom stereocenters. The van der Waals surface area contributed by atoms with Crippen molar-refractivity contribution in [1.29, 1.82) is 0 Å². The van der Waals surface area contributed by atoms with Gasteiger partial charge in [-0.15, -0.1) is 0 Å². The highest BCUT2D eigenvalue weighted by Gasteiger charge is 2.21. The SMILES string of the molecule is CCc1ccc(CNC)cc1S(=O)(=O)NCCC1CCC1. The zero-order chi connectivity index (χ0) is 15.3. The maximum absolute atomic E-state index is 12.5. The molecule has 0 aromatic heterocycles. The van der Waals surface area contributed by atoms with E-state index in [4.69, 9.17) is 0 Å². The van der Waals surface area contributed by atoms with Crippen LogP contribution in [0.3, 0.4) is 0 Å². The number of benzene rings is 1. The Kier molecular flexibility index (Phi) is 5.79. The molecular formula is C16H26N2O2S. The van der Waals surface area contributed by atoms with Crippen molar-refractivity contribution in [2.24, 2.45) is 5.92 Å². The fourth-order valence-electron chi connectivity index (χ4n) is 2.71. The smallest absolute Gasteiger partial charge is 0.240 e. The van der Waals surface area contributed by atoms with Gasteiger partial charge in [-0.2, -0.15) is 0 Å². The summed E-state index contributed by atoms with van der Waals surface area (Å²) in [5, 5.41) is 3.06. The molecule has 1 aromatic carbocycles. The summed E-state index contributed by atoms with van der Waals surface area (Å²) in [7, 11) is -1.54. The number of rotatable bonds is 8. The van der Waals surface area contributed by atoms with Crippen LogP contribution in [-0.2, 0) is 23.0 Å². The molecular weight excluding hydrogens is 284 g/mol. The minimum Gasteiger partial charge on any atom is -0.316 e. The predicted molar refractivity (Wildman–Crippen MR) is 85.7 cm³/mol. The topological polar surface area (TPSA) is 58.2 Å². The molecule has 0 saturated heterocycles. The summed E-state index contributed by atoms with van der Waals surface area (Å²) in [6, 6.07) is 5.71. The van der Waals surface area contributed by atoms with Gasteiger partial charge in [0.15, 0.2) is 0 Å². The van der Waals surface area contributed by atoms with Crippen LogP contribution in [0.25, 0.3) is 0 Å². The molecule has 4 nitrogen and oxygen atoms in total. The summed E-state index contributed by atoms with van der Waals surface area (Å²) in [6.07, 6.45) is 5.47. The highest BCUT2D eigenvalue weighted by Crippen LogP contribution is 2.29. The number of sulfonamides is 1. The lowest BCUT2D eigenvalue weighted by atomic mass is 9.83. The van der Waals surface area contributed by atoms with Crippen LogP contribution >= 0.6 is 0 Å². The molecule has 0 heterocycles. The zero-order valence-corrected chi connectivity index (χ0v) is 13.8. The molecule has 1 saturated carbocycles. The molecule has 1 aromatic rings. The quantitative estimate of drug-likeness (QED) is 0.775. The molecule has 0 amide bonds. The van der Waals surface area contributed by atoms with Crippen molar-refractivity contribution >= 4 is 10.0 Å². The van der Waals surface area contributed by atoms with Crippen molar-refractivity contribution in [3.05, 3.63) is 29.3 Å². The Labute approximate surface area is 128 Å². The Morgan fingerprint density at radius 2 is 2.05 bits per heavy atom. The molecule has 1 fully saturated rings. The summed E-state index contributed by atoms with van der Waals surface area (Å²) in [5.74, 6) is 0.717. The van der Waals surface area contributed by atoms with Gasteiger partial charge in [0, 0.05) is 13.1 Å². The molecule has 0 bridgehead atoms. The van der Waals surface area contributed by atoms with Crippen LogP contribution in [0.15, 0.2) is 23.1 Å². The van der Waals surface area contributed by atoms with Crippen molar-refractivity contribution in [1.82, 2.24) is 10.0 Å². The molecule has 0 atom stereocenters. The average Bonchev–Trinajstić information content (AvgIpc) is 2.42. The van der Waals surface area contributed by atoms with Crippen LogP contribution in [0.1, 0.15) is 43.7 Å². The first-order valence-electron chi connectivity index (χ1n) is 7.83. The van der Waals surface area contributed by atoms with E-state index in [1.807, 2.05) is 26.1 Å². The standard InChI is InChI=1S/C16H26N2O2S/c1-3-15-8-7-14(12-17-2)11-16(15)21(19,20)18-10-9-13-5-4-6-13/h7-8,11,13,17-18H,3-6,9-10,12H2,1-2H3. The van der Waals surface area contributed by atoms with Crippen molar-refractivity contribution in [3.8, 4) is 0 Å². The lowest BCUT2D eigenvalue weighted by Gasteiger charge is -2.25. The average molecular weight is 310 g/mol. The molecule has 21 heavy (non-hydrogen) atoms. The Morgan fingerprint density at radius 1 is 1.29 bits per heavy atom. The number of nitrogens with one attached hydrogen (secondary N) is 2. The number of hydrogen-bond acceptors (Lipinski definition) is 3. The van der Waals surface area contributed by atoms with E-state index in [-0.39, 0.29) is 0 Å². The fourth-order valence-corrected chi connectivity index (χ4v) is 4.12. The summed E-state index contributed by atoms with van der Waals surface area (Å²) < 4.78 is 27.8. The van der Waals surface area contributed by atoms with Crippen LogP contribution in [0.4, 0.5) is 0 Å². The second kappa shape index (κ2) is 7.38. The van der Waals surface area contributed by atoms with Crippen LogP contribution in [-0.4, -0.2) is 22.0 Å². The largest absolute Gasteiger partial charge is 0.316 e. The highest BCUT2D eigenvalue weighted by atomic mass is 32.2. The Hall–Kier alpha value is -0.910. The maximum atomic E-state index is 12.5. The second-order valence-electron chi connectivity index (χ2n) is 5.81. The minimum atomic E-state index is -3.40. The van der Waals surface area contributed by atoms with E-state index in [9.17, 15) is 8.42 Å².